The Hall–Kier alpha value is -1.50. The van der Waals surface area contributed by atoms with Crippen LogP contribution in [0.5, 0.6) is 0 Å². The Balaban J connectivity index is 1.98. The zero-order valence-corrected chi connectivity index (χ0v) is 13.8. The maximum atomic E-state index is 14.7. The lowest BCUT2D eigenvalue weighted by Crippen LogP contribution is -2.36. The average Bonchev–Trinajstić information content (AvgIpc) is 3.15. The fourth-order valence-corrected chi connectivity index (χ4v) is 3.26. The van der Waals surface area contributed by atoms with Crippen LogP contribution in [0, 0.1) is 17.6 Å². The van der Waals surface area contributed by atoms with Gasteiger partial charge < -0.3 is 5.32 Å². The van der Waals surface area contributed by atoms with Crippen molar-refractivity contribution in [3.05, 3.63) is 33.8 Å². The molecule has 2 aromatic rings. The first-order valence-corrected chi connectivity index (χ1v) is 8.08. The Bertz CT molecular complexity index is 780. The van der Waals surface area contributed by atoms with Crippen LogP contribution < -0.4 is 5.32 Å². The number of anilines is 1. The molecule has 1 aliphatic carbocycles. The molecule has 1 aromatic heterocycles. The summed E-state index contributed by atoms with van der Waals surface area (Å²) in [5.41, 5.74) is 0.171. The van der Waals surface area contributed by atoms with E-state index in [0.717, 1.165) is 12.2 Å². The van der Waals surface area contributed by atoms with Gasteiger partial charge in [0, 0.05) is 12.5 Å². The summed E-state index contributed by atoms with van der Waals surface area (Å²) in [6.45, 7) is 3.85. The Kier molecular flexibility index (Phi) is 2.89. The third-order valence-corrected chi connectivity index (χ3v) is 4.99. The number of nitrogens with one attached hydrogen (secondary N) is 1. The molecule has 22 heavy (non-hydrogen) atoms. The number of aromatic nitrogens is 3. The Morgan fingerprint density at radius 2 is 2.09 bits per heavy atom. The molecule has 1 fully saturated rings. The van der Waals surface area contributed by atoms with Gasteiger partial charge in [-0.1, -0.05) is 0 Å². The smallest absolute Gasteiger partial charge is 0.166 e. The van der Waals surface area contributed by atoms with Crippen LogP contribution in [-0.2, 0) is 12.0 Å². The SMILES string of the molecule is CC1(C)Nc2cc(F)c(Br)c(F)c2-n2c(CC3CC3)nnc21. The Labute approximate surface area is 135 Å². The summed E-state index contributed by atoms with van der Waals surface area (Å²) < 4.78 is 30.1. The van der Waals surface area contributed by atoms with Gasteiger partial charge in [-0.15, -0.1) is 10.2 Å². The second-order valence-corrected chi connectivity index (χ2v) is 7.35. The van der Waals surface area contributed by atoms with Crippen molar-refractivity contribution in [3.63, 3.8) is 0 Å². The van der Waals surface area contributed by atoms with E-state index < -0.39 is 17.2 Å². The number of benzene rings is 1. The topological polar surface area (TPSA) is 42.7 Å². The second kappa shape index (κ2) is 4.50. The number of rotatable bonds is 2. The molecule has 0 unspecified atom stereocenters. The first-order chi connectivity index (χ1) is 10.4. The molecular formula is C15H15BrF2N4. The largest absolute Gasteiger partial charge is 0.371 e. The van der Waals surface area contributed by atoms with Crippen molar-refractivity contribution in [1.82, 2.24) is 14.8 Å². The standard InChI is InChI=1S/C15H15BrF2N4/c1-15(2)14-21-20-10(5-7-3-4-7)22(14)13-9(19-15)6-8(17)11(16)12(13)18/h6-7,19H,3-5H2,1-2H3. The number of hydrogen-bond donors (Lipinski definition) is 1. The van der Waals surface area contributed by atoms with Crippen LogP contribution in [0.15, 0.2) is 10.5 Å². The van der Waals surface area contributed by atoms with Crippen molar-refractivity contribution in [3.8, 4) is 5.69 Å². The van der Waals surface area contributed by atoms with E-state index in [0.29, 0.717) is 23.1 Å². The third kappa shape index (κ3) is 1.98. The molecule has 0 atom stereocenters. The average molecular weight is 369 g/mol. The molecule has 0 bridgehead atoms. The first kappa shape index (κ1) is 14.1. The van der Waals surface area contributed by atoms with Gasteiger partial charge in [0.15, 0.2) is 11.6 Å². The van der Waals surface area contributed by atoms with E-state index in [-0.39, 0.29) is 4.47 Å². The van der Waals surface area contributed by atoms with Gasteiger partial charge in [-0.3, -0.25) is 4.57 Å². The van der Waals surface area contributed by atoms with Gasteiger partial charge in [0.05, 0.1) is 15.7 Å². The molecule has 1 N–H and O–H groups in total. The van der Waals surface area contributed by atoms with Crippen LogP contribution in [0.2, 0.25) is 0 Å². The fourth-order valence-electron chi connectivity index (χ4n) is 2.96. The molecule has 0 saturated heterocycles. The van der Waals surface area contributed by atoms with E-state index in [1.54, 1.807) is 4.57 Å². The number of nitrogens with zero attached hydrogens (tertiary/aromatic N) is 3. The zero-order chi connectivity index (χ0) is 15.6. The van der Waals surface area contributed by atoms with Crippen molar-refractivity contribution in [1.29, 1.82) is 0 Å². The molecule has 0 radical (unpaired) electrons. The van der Waals surface area contributed by atoms with Gasteiger partial charge in [-0.2, -0.15) is 0 Å². The summed E-state index contributed by atoms with van der Waals surface area (Å²) in [5.74, 6) is 0.733. The molecule has 1 aromatic carbocycles. The van der Waals surface area contributed by atoms with Gasteiger partial charge in [0.2, 0.25) is 0 Å². The Morgan fingerprint density at radius 3 is 2.77 bits per heavy atom. The van der Waals surface area contributed by atoms with E-state index in [2.05, 4.69) is 31.4 Å². The summed E-state index contributed by atoms with van der Waals surface area (Å²) >= 11 is 2.98. The normalized spacial score (nSPS) is 18.6. The lowest BCUT2D eigenvalue weighted by atomic mass is 9.99. The van der Waals surface area contributed by atoms with Crippen molar-refractivity contribution < 1.29 is 8.78 Å². The quantitative estimate of drug-likeness (QED) is 0.816. The van der Waals surface area contributed by atoms with E-state index >= 15 is 0 Å². The highest BCUT2D eigenvalue weighted by Crippen LogP contribution is 2.42. The lowest BCUT2D eigenvalue weighted by molar-refractivity contribution is 0.509. The predicted octanol–water partition coefficient (Wildman–Crippen LogP) is 3.92. The fraction of sp³-hybridized carbons (Fsp3) is 0.467. The Morgan fingerprint density at radius 1 is 1.36 bits per heavy atom. The first-order valence-electron chi connectivity index (χ1n) is 7.29. The number of fused-ring (bicyclic) bond motifs is 3. The molecule has 0 spiro atoms. The van der Waals surface area contributed by atoms with Crippen molar-refractivity contribution in [2.24, 2.45) is 5.92 Å². The summed E-state index contributed by atoms with van der Waals surface area (Å²) in [6, 6.07) is 1.31. The van der Waals surface area contributed by atoms with E-state index in [4.69, 9.17) is 0 Å². The van der Waals surface area contributed by atoms with Gasteiger partial charge in [0.25, 0.3) is 0 Å². The highest BCUT2D eigenvalue weighted by Gasteiger charge is 2.38. The van der Waals surface area contributed by atoms with Crippen LogP contribution in [0.3, 0.4) is 0 Å². The molecule has 2 aliphatic rings. The minimum absolute atomic E-state index is 0.162. The number of halogens is 3. The molecule has 1 aliphatic heterocycles. The molecule has 4 rings (SSSR count). The highest BCUT2D eigenvalue weighted by molar-refractivity contribution is 9.10. The predicted molar refractivity (Wildman–Crippen MR) is 82.1 cm³/mol. The molecule has 4 nitrogen and oxygen atoms in total. The van der Waals surface area contributed by atoms with Gasteiger partial charge in [0.1, 0.15) is 17.3 Å². The monoisotopic (exact) mass is 368 g/mol. The maximum absolute atomic E-state index is 14.7. The third-order valence-electron chi connectivity index (χ3n) is 4.26. The van der Waals surface area contributed by atoms with Crippen molar-refractivity contribution >= 4 is 21.6 Å². The lowest BCUT2D eigenvalue weighted by Gasteiger charge is -2.34. The number of hydrogen-bond acceptors (Lipinski definition) is 3. The van der Waals surface area contributed by atoms with Crippen LogP contribution in [-0.4, -0.2) is 14.8 Å². The minimum Gasteiger partial charge on any atom is -0.371 e. The van der Waals surface area contributed by atoms with Crippen LogP contribution in [0.1, 0.15) is 38.3 Å². The van der Waals surface area contributed by atoms with Gasteiger partial charge in [-0.05, 0) is 48.5 Å². The summed E-state index contributed by atoms with van der Waals surface area (Å²) in [4.78, 5) is 0. The molecule has 2 heterocycles. The molecule has 1 saturated carbocycles. The minimum atomic E-state index is -0.629. The van der Waals surface area contributed by atoms with Gasteiger partial charge >= 0.3 is 0 Å². The van der Waals surface area contributed by atoms with E-state index in [1.807, 2.05) is 13.8 Å². The summed E-state index contributed by atoms with van der Waals surface area (Å²) in [7, 11) is 0. The molecule has 0 amide bonds. The van der Waals surface area contributed by atoms with Crippen molar-refractivity contribution in [2.45, 2.75) is 38.6 Å². The van der Waals surface area contributed by atoms with Crippen LogP contribution in [0.25, 0.3) is 5.69 Å². The molecule has 7 heteroatoms. The summed E-state index contributed by atoms with van der Waals surface area (Å²) in [5, 5.41) is 11.7. The van der Waals surface area contributed by atoms with Crippen molar-refractivity contribution in [2.75, 3.05) is 5.32 Å². The van der Waals surface area contributed by atoms with Crippen LogP contribution >= 0.6 is 15.9 Å². The second-order valence-electron chi connectivity index (χ2n) is 6.56. The summed E-state index contributed by atoms with van der Waals surface area (Å²) in [6.07, 6.45) is 3.12. The highest BCUT2D eigenvalue weighted by atomic mass is 79.9. The maximum Gasteiger partial charge on any atom is 0.166 e. The zero-order valence-electron chi connectivity index (χ0n) is 12.3. The molecular weight excluding hydrogens is 354 g/mol. The molecule has 116 valence electrons. The van der Waals surface area contributed by atoms with E-state index in [1.165, 1.54) is 18.9 Å². The van der Waals surface area contributed by atoms with Crippen LogP contribution in [0.4, 0.5) is 14.5 Å². The van der Waals surface area contributed by atoms with E-state index in [9.17, 15) is 8.78 Å². The van der Waals surface area contributed by atoms with Gasteiger partial charge in [-0.25, -0.2) is 8.78 Å².